The van der Waals surface area contributed by atoms with Crippen molar-refractivity contribution < 1.29 is 0 Å². The van der Waals surface area contributed by atoms with E-state index in [0.717, 1.165) is 78.6 Å². The molecule has 0 N–H and O–H groups in total. The summed E-state index contributed by atoms with van der Waals surface area (Å²) in [4.78, 5) is 4.64. The molecular weight excluding hydrogens is 765 g/mol. The predicted molar refractivity (Wildman–Crippen MR) is 255 cm³/mol. The van der Waals surface area contributed by atoms with Crippen LogP contribution in [0.1, 0.15) is 0 Å². The summed E-state index contributed by atoms with van der Waals surface area (Å²) in [5.41, 5.74) is 14.8. The Morgan fingerprint density at radius 3 is 1.00 bits per heavy atom. The van der Waals surface area contributed by atoms with Crippen LogP contribution in [-0.2, 0) is 0 Å². The minimum atomic E-state index is 0.867. The lowest BCUT2D eigenvalue weighted by Gasteiger charge is -2.25. The lowest BCUT2D eigenvalue weighted by atomic mass is 10.1. The number of rotatable bonds is 8. The molecule has 0 radical (unpaired) electrons. The van der Waals surface area contributed by atoms with Crippen molar-refractivity contribution in [3.8, 4) is 11.4 Å². The van der Waals surface area contributed by atoms with Crippen LogP contribution in [0.25, 0.3) is 66.0 Å². The highest BCUT2D eigenvalue weighted by molar-refractivity contribution is 7.00. The quantitative estimate of drug-likeness (QED) is 0.153. The van der Waals surface area contributed by atoms with Crippen LogP contribution in [0.5, 0.6) is 0 Å². The zero-order valence-corrected chi connectivity index (χ0v) is 33.7. The van der Waals surface area contributed by atoms with Gasteiger partial charge >= 0.3 is 0 Å². The summed E-state index contributed by atoms with van der Waals surface area (Å²) in [6.45, 7) is 0. The smallest absolute Gasteiger partial charge is 0.130 e. The predicted octanol–water partition coefficient (Wildman–Crippen LogP) is 14.8. The average Bonchev–Trinajstić information content (AvgIpc) is 4.04. The van der Waals surface area contributed by atoms with Crippen molar-refractivity contribution in [1.82, 2.24) is 17.9 Å². The number of para-hydroxylation sites is 6. The van der Waals surface area contributed by atoms with Crippen LogP contribution in [-0.4, -0.2) is 17.9 Å². The Balaban J connectivity index is 1.03. The number of hydrogen-bond acceptors (Lipinski definition) is 5. The minimum absolute atomic E-state index is 0.867. The second-order valence-corrected chi connectivity index (χ2v) is 15.7. The number of benzene rings is 9. The van der Waals surface area contributed by atoms with Crippen molar-refractivity contribution in [2.45, 2.75) is 0 Å². The Bertz CT molecular complexity index is 3230. The molecule has 0 aliphatic rings. The summed E-state index contributed by atoms with van der Waals surface area (Å²) in [5.74, 6) is 0. The Hall–Kier alpha value is -8.00. The molecule has 0 aliphatic heterocycles. The first kappa shape index (κ1) is 35.0. The van der Waals surface area contributed by atoms with E-state index in [0.29, 0.717) is 0 Å². The number of aromatic nitrogens is 4. The van der Waals surface area contributed by atoms with Crippen molar-refractivity contribution in [2.24, 2.45) is 0 Å². The third-order valence-electron chi connectivity index (χ3n) is 11.7. The molecule has 0 saturated heterocycles. The summed E-state index contributed by atoms with van der Waals surface area (Å²) in [6, 6.07) is 77.7. The first-order valence-corrected chi connectivity index (χ1v) is 21.2. The Labute approximate surface area is 356 Å². The van der Waals surface area contributed by atoms with Gasteiger partial charge in [0.2, 0.25) is 0 Å². The second-order valence-electron chi connectivity index (χ2n) is 15.2. The fraction of sp³-hybridized carbons (Fsp3) is 0. The van der Waals surface area contributed by atoms with Crippen LogP contribution in [0.3, 0.4) is 0 Å². The van der Waals surface area contributed by atoms with Gasteiger partial charge in [-0.15, -0.1) is 0 Å². The summed E-state index contributed by atoms with van der Waals surface area (Å²) >= 11 is 1.26. The van der Waals surface area contributed by atoms with Gasteiger partial charge in [-0.3, -0.25) is 0 Å². The highest BCUT2D eigenvalue weighted by Gasteiger charge is 2.23. The van der Waals surface area contributed by atoms with Crippen molar-refractivity contribution >= 4 is 100 Å². The maximum atomic E-state index is 5.03. The van der Waals surface area contributed by atoms with Gasteiger partial charge in [0.15, 0.2) is 0 Å². The molecule has 61 heavy (non-hydrogen) atoms. The summed E-state index contributed by atoms with van der Waals surface area (Å²) in [5, 5.41) is 4.70. The zero-order valence-electron chi connectivity index (χ0n) is 32.9. The summed E-state index contributed by atoms with van der Waals surface area (Å²) in [7, 11) is 0. The van der Waals surface area contributed by atoms with Crippen LogP contribution in [0.15, 0.2) is 218 Å². The minimum Gasteiger partial charge on any atom is -0.310 e. The first-order chi connectivity index (χ1) is 30.3. The van der Waals surface area contributed by atoms with Gasteiger partial charge in [-0.25, -0.2) is 0 Å². The van der Waals surface area contributed by atoms with Gasteiger partial charge in [0.05, 0.1) is 45.2 Å². The average molecular weight is 801 g/mol. The van der Waals surface area contributed by atoms with Gasteiger partial charge in [0, 0.05) is 55.7 Å². The maximum absolute atomic E-state index is 5.03. The van der Waals surface area contributed by atoms with Crippen LogP contribution in [0.4, 0.5) is 34.1 Å². The van der Waals surface area contributed by atoms with E-state index >= 15 is 0 Å². The Morgan fingerprint density at radius 2 is 0.623 bits per heavy atom. The molecule has 9 aromatic carbocycles. The third-order valence-corrected chi connectivity index (χ3v) is 12.3. The molecule has 3 heterocycles. The molecule has 0 saturated carbocycles. The highest BCUT2D eigenvalue weighted by Crippen LogP contribution is 2.43. The highest BCUT2D eigenvalue weighted by atomic mass is 32.1. The van der Waals surface area contributed by atoms with E-state index in [2.05, 4.69) is 237 Å². The molecule has 0 bridgehead atoms. The Morgan fingerprint density at radius 1 is 0.295 bits per heavy atom. The molecule has 0 aliphatic carbocycles. The van der Waals surface area contributed by atoms with Crippen molar-refractivity contribution in [3.05, 3.63) is 218 Å². The molecule has 12 aromatic rings. The van der Waals surface area contributed by atoms with Crippen LogP contribution < -0.4 is 9.80 Å². The summed E-state index contributed by atoms with van der Waals surface area (Å²) < 4.78 is 14.8. The standard InChI is InChI=1S/C54H36N6S/c1-5-17-37(18-6-1)57(38-19-7-2-8-20-38)41-29-31-49-45(35-41)43-25-13-15-27-47(43)59(49)51-33-34-52(54-53(51)55-61-56-54)60-48-28-16-14-26-44(48)46-36-42(30-32-50(46)60)58(39-21-9-3-10-22-39)40-23-11-4-12-24-40/h1-36H. The fourth-order valence-electron chi connectivity index (χ4n) is 9.12. The van der Waals surface area contributed by atoms with Gasteiger partial charge in [-0.1, -0.05) is 109 Å². The zero-order chi connectivity index (χ0) is 40.3. The van der Waals surface area contributed by atoms with Gasteiger partial charge in [0.1, 0.15) is 11.0 Å². The van der Waals surface area contributed by atoms with Crippen LogP contribution in [0.2, 0.25) is 0 Å². The molecule has 7 heteroatoms. The number of hydrogen-bond donors (Lipinski definition) is 0. The van der Waals surface area contributed by atoms with E-state index in [1.807, 2.05) is 0 Å². The van der Waals surface area contributed by atoms with Crippen LogP contribution in [0, 0.1) is 0 Å². The molecule has 0 spiro atoms. The van der Waals surface area contributed by atoms with E-state index < -0.39 is 0 Å². The van der Waals surface area contributed by atoms with E-state index in [1.54, 1.807) is 0 Å². The summed E-state index contributed by atoms with van der Waals surface area (Å²) in [6.07, 6.45) is 0. The lowest BCUT2D eigenvalue weighted by Crippen LogP contribution is -2.09. The van der Waals surface area contributed by atoms with E-state index in [1.165, 1.54) is 33.3 Å². The topological polar surface area (TPSA) is 42.1 Å². The fourth-order valence-corrected chi connectivity index (χ4v) is 9.69. The van der Waals surface area contributed by atoms with E-state index in [9.17, 15) is 0 Å². The molecule has 288 valence electrons. The molecule has 6 nitrogen and oxygen atoms in total. The SMILES string of the molecule is c1ccc(N(c2ccccc2)c2ccc3c(c2)c2ccccc2n3-c2ccc(-n3c4ccccc4c4cc(N(c5ccccc5)c5ccccc5)ccc43)c3nsnc23)cc1. The second kappa shape index (κ2) is 14.4. The van der Waals surface area contributed by atoms with E-state index in [-0.39, 0.29) is 0 Å². The maximum Gasteiger partial charge on any atom is 0.130 e. The van der Waals surface area contributed by atoms with Crippen LogP contribution >= 0.6 is 11.7 Å². The van der Waals surface area contributed by atoms with Crippen molar-refractivity contribution in [3.63, 3.8) is 0 Å². The molecule has 0 fully saturated rings. The molecule has 0 unspecified atom stereocenters. The molecule has 0 amide bonds. The van der Waals surface area contributed by atoms with Gasteiger partial charge in [0.25, 0.3) is 0 Å². The van der Waals surface area contributed by atoms with Gasteiger partial charge < -0.3 is 18.9 Å². The monoisotopic (exact) mass is 800 g/mol. The molecule has 0 atom stereocenters. The van der Waals surface area contributed by atoms with Crippen molar-refractivity contribution in [2.75, 3.05) is 9.80 Å². The molecule has 12 rings (SSSR count). The van der Waals surface area contributed by atoms with Gasteiger partial charge in [-0.05, 0) is 109 Å². The normalized spacial score (nSPS) is 11.6. The molecule has 3 aromatic heterocycles. The van der Waals surface area contributed by atoms with Gasteiger partial charge in [-0.2, -0.15) is 8.75 Å². The third kappa shape index (κ3) is 5.70. The first-order valence-electron chi connectivity index (χ1n) is 20.4. The van der Waals surface area contributed by atoms with Crippen molar-refractivity contribution in [1.29, 1.82) is 0 Å². The largest absolute Gasteiger partial charge is 0.310 e. The lowest BCUT2D eigenvalue weighted by molar-refractivity contribution is 1.16. The number of anilines is 6. The number of fused-ring (bicyclic) bond motifs is 7. The Kier molecular flexibility index (Phi) is 8.25. The van der Waals surface area contributed by atoms with E-state index in [4.69, 9.17) is 8.75 Å². The number of nitrogens with zero attached hydrogens (tertiary/aromatic N) is 6. The molecular formula is C54H36N6S.